The average Bonchev–Trinajstić information content (AvgIpc) is 3.19. The van der Waals surface area contributed by atoms with Crippen LogP contribution < -0.4 is 5.32 Å². The van der Waals surface area contributed by atoms with E-state index in [1.807, 2.05) is 13.8 Å². The Kier molecular flexibility index (Phi) is 9.09. The molecule has 2 aromatic rings. The molecule has 1 fully saturated rings. The molecule has 0 unspecified atom stereocenters. The molecule has 2 aliphatic rings. The topological polar surface area (TPSA) is 99.1 Å². The van der Waals surface area contributed by atoms with Gasteiger partial charge in [-0.25, -0.2) is 0 Å². The molecule has 0 saturated heterocycles. The van der Waals surface area contributed by atoms with Gasteiger partial charge < -0.3 is 15.3 Å². The predicted molar refractivity (Wildman–Crippen MR) is 158 cm³/mol. The normalized spacial score (nSPS) is 21.7. The van der Waals surface area contributed by atoms with Crippen molar-refractivity contribution in [1.29, 1.82) is 0 Å². The lowest BCUT2D eigenvalue weighted by molar-refractivity contribution is -0.138. The highest BCUT2D eigenvalue weighted by atomic mass is 19.4. The number of carbonyl (C=O) groups is 3. The number of halogens is 3. The van der Waals surface area contributed by atoms with Gasteiger partial charge >= 0.3 is 12.1 Å². The number of carboxylic acid groups (broad SMARTS) is 1. The molecule has 1 saturated carbocycles. The highest BCUT2D eigenvalue weighted by Crippen LogP contribution is 2.50. The lowest BCUT2D eigenvalue weighted by Gasteiger charge is -2.48. The first-order valence-corrected chi connectivity index (χ1v) is 14.7. The van der Waals surface area contributed by atoms with Crippen molar-refractivity contribution in [3.63, 3.8) is 0 Å². The second-order valence-electron chi connectivity index (χ2n) is 13.0. The molecule has 1 spiro atoms. The lowest BCUT2D eigenvalue weighted by atomic mass is 9.69. The van der Waals surface area contributed by atoms with Crippen LogP contribution in [0.15, 0.2) is 53.5 Å². The van der Waals surface area contributed by atoms with Crippen molar-refractivity contribution in [1.82, 2.24) is 10.2 Å². The highest BCUT2D eigenvalue weighted by molar-refractivity contribution is 6.46. The first-order valence-electron chi connectivity index (χ1n) is 14.7. The Morgan fingerprint density at radius 1 is 1.07 bits per heavy atom. The Labute approximate surface area is 250 Å². The van der Waals surface area contributed by atoms with Crippen molar-refractivity contribution in [2.24, 2.45) is 22.2 Å². The maximum Gasteiger partial charge on any atom is 0.416 e. The molecule has 43 heavy (non-hydrogen) atoms. The number of hydrogen-bond acceptors (Lipinski definition) is 4. The Hall–Kier alpha value is -3.69. The van der Waals surface area contributed by atoms with Gasteiger partial charge in [-0.2, -0.15) is 13.2 Å². The van der Waals surface area contributed by atoms with Crippen LogP contribution in [0.3, 0.4) is 0 Å². The molecule has 4 rings (SSSR count). The minimum Gasteiger partial charge on any atom is -0.481 e. The van der Waals surface area contributed by atoms with E-state index < -0.39 is 41.2 Å². The lowest BCUT2D eigenvalue weighted by Crippen LogP contribution is -2.52. The third-order valence-corrected chi connectivity index (χ3v) is 8.71. The van der Waals surface area contributed by atoms with E-state index in [4.69, 9.17) is 10.1 Å². The van der Waals surface area contributed by atoms with Crippen LogP contribution in [0.25, 0.3) is 0 Å². The predicted octanol–water partition coefficient (Wildman–Crippen LogP) is 6.87. The molecular weight excluding hydrogens is 559 g/mol. The summed E-state index contributed by atoms with van der Waals surface area (Å²) in [5, 5.41) is 11.4. The summed E-state index contributed by atoms with van der Waals surface area (Å²) in [6, 6.07) is 11.2. The van der Waals surface area contributed by atoms with Crippen LogP contribution in [0.1, 0.15) is 99.8 Å². The molecule has 2 amide bonds. The van der Waals surface area contributed by atoms with E-state index in [1.54, 1.807) is 29.2 Å². The van der Waals surface area contributed by atoms with Gasteiger partial charge in [0.1, 0.15) is 11.4 Å². The zero-order valence-electron chi connectivity index (χ0n) is 25.3. The summed E-state index contributed by atoms with van der Waals surface area (Å²) in [6.07, 6.45) is -1.90. The number of carboxylic acids is 1. The number of aliphatic carboxylic acids is 1. The number of aliphatic imine (C=N–C) groups is 1. The number of benzene rings is 2. The Morgan fingerprint density at radius 3 is 2.23 bits per heavy atom. The number of hydrogen-bond donors (Lipinski definition) is 2. The van der Waals surface area contributed by atoms with Gasteiger partial charge in [0.2, 0.25) is 0 Å². The Bertz CT molecular complexity index is 1390. The van der Waals surface area contributed by atoms with Gasteiger partial charge in [-0.3, -0.25) is 19.4 Å². The molecule has 2 N–H and O–H groups in total. The minimum atomic E-state index is -4.55. The Balaban J connectivity index is 1.72. The fourth-order valence-electron chi connectivity index (χ4n) is 6.38. The molecule has 0 radical (unpaired) electrons. The number of nitrogens with zero attached hydrogens (tertiary/aromatic N) is 2. The summed E-state index contributed by atoms with van der Waals surface area (Å²) in [5.74, 6) is -1.48. The van der Waals surface area contributed by atoms with E-state index in [0.29, 0.717) is 24.3 Å². The molecule has 1 heterocycles. The maximum absolute atomic E-state index is 14.3. The SMILES string of the molecule is CC(C)[C@H](c1ccc(C(=O)NCCC(=O)O)cc1)N1C(=O)C(c2cccc(C(F)(F)F)c2)=NC12CCC(C(C)(C)C)CC2. The number of rotatable bonds is 8. The first kappa shape index (κ1) is 32.2. The summed E-state index contributed by atoms with van der Waals surface area (Å²) in [5.41, 5.74) is -0.336. The van der Waals surface area contributed by atoms with Gasteiger partial charge in [0.15, 0.2) is 0 Å². The molecular formula is C33H40F3N3O4. The summed E-state index contributed by atoms with van der Waals surface area (Å²) >= 11 is 0. The van der Waals surface area contributed by atoms with Crippen LogP contribution in [0.4, 0.5) is 13.2 Å². The third kappa shape index (κ3) is 6.94. The Morgan fingerprint density at radius 2 is 1.70 bits per heavy atom. The van der Waals surface area contributed by atoms with E-state index in [1.165, 1.54) is 12.1 Å². The fourth-order valence-corrected chi connectivity index (χ4v) is 6.38. The number of carbonyl (C=O) groups excluding carboxylic acids is 2. The van der Waals surface area contributed by atoms with Gasteiger partial charge in [0.25, 0.3) is 11.8 Å². The van der Waals surface area contributed by atoms with Crippen LogP contribution in [0.2, 0.25) is 0 Å². The second kappa shape index (κ2) is 12.1. The van der Waals surface area contributed by atoms with Crippen molar-refractivity contribution in [2.45, 2.75) is 84.6 Å². The standard InChI is InChI=1S/C33H40F3N3O4/c1-20(2)28(21-9-11-22(12-10-21)29(42)37-18-15-26(40)41)39-30(43)27(23-7-6-8-25(19-23)33(34,35)36)38-32(39)16-13-24(14-17-32)31(3,4)5/h6-12,19-20,24,28H,13-18H2,1-5H3,(H,37,42)(H,40,41)/t24?,28-,32?/m1/s1. The second-order valence-corrected chi connectivity index (χ2v) is 13.0. The van der Waals surface area contributed by atoms with E-state index in [0.717, 1.165) is 30.5 Å². The van der Waals surface area contributed by atoms with Crippen LogP contribution in [-0.4, -0.2) is 45.7 Å². The molecule has 0 aromatic heterocycles. The average molecular weight is 600 g/mol. The van der Waals surface area contributed by atoms with Gasteiger partial charge in [-0.15, -0.1) is 0 Å². The maximum atomic E-state index is 14.3. The highest BCUT2D eigenvalue weighted by Gasteiger charge is 2.53. The zero-order valence-corrected chi connectivity index (χ0v) is 25.3. The van der Waals surface area contributed by atoms with Crippen LogP contribution in [0, 0.1) is 17.3 Å². The van der Waals surface area contributed by atoms with E-state index >= 15 is 0 Å². The van der Waals surface area contributed by atoms with Gasteiger partial charge in [-0.1, -0.05) is 58.9 Å². The van der Waals surface area contributed by atoms with Crippen molar-refractivity contribution >= 4 is 23.5 Å². The third-order valence-electron chi connectivity index (χ3n) is 8.71. The van der Waals surface area contributed by atoms with E-state index in [2.05, 4.69) is 26.1 Å². The van der Waals surface area contributed by atoms with Crippen molar-refractivity contribution in [3.05, 3.63) is 70.8 Å². The fraction of sp³-hybridized carbons (Fsp3) is 0.515. The molecule has 232 valence electrons. The molecule has 1 atom stereocenters. The van der Waals surface area contributed by atoms with Crippen LogP contribution in [0.5, 0.6) is 0 Å². The van der Waals surface area contributed by atoms with E-state index in [9.17, 15) is 27.6 Å². The molecule has 0 bridgehead atoms. The summed E-state index contributed by atoms with van der Waals surface area (Å²) < 4.78 is 40.8. The molecule has 1 aliphatic heterocycles. The smallest absolute Gasteiger partial charge is 0.416 e. The van der Waals surface area contributed by atoms with Crippen molar-refractivity contribution < 1.29 is 32.7 Å². The minimum absolute atomic E-state index is 0.000547. The zero-order chi connectivity index (χ0) is 31.7. The summed E-state index contributed by atoms with van der Waals surface area (Å²) in [4.78, 5) is 44.4. The number of amides is 2. The van der Waals surface area contributed by atoms with Crippen molar-refractivity contribution in [3.8, 4) is 0 Å². The molecule has 7 nitrogen and oxygen atoms in total. The van der Waals surface area contributed by atoms with Crippen LogP contribution >= 0.6 is 0 Å². The monoisotopic (exact) mass is 599 g/mol. The molecule has 1 aliphatic carbocycles. The summed E-state index contributed by atoms with van der Waals surface area (Å²) in [7, 11) is 0. The van der Waals surface area contributed by atoms with Gasteiger partial charge in [0.05, 0.1) is 18.0 Å². The van der Waals surface area contributed by atoms with Gasteiger partial charge in [-0.05, 0) is 72.8 Å². The number of alkyl halides is 3. The quantitative estimate of drug-likeness (QED) is 0.346. The van der Waals surface area contributed by atoms with Crippen LogP contribution in [-0.2, 0) is 15.8 Å². The molecule has 10 heteroatoms. The van der Waals surface area contributed by atoms with E-state index in [-0.39, 0.29) is 35.6 Å². The van der Waals surface area contributed by atoms with Crippen molar-refractivity contribution in [2.75, 3.05) is 6.54 Å². The van der Waals surface area contributed by atoms with Gasteiger partial charge in [0, 0.05) is 17.7 Å². The largest absolute Gasteiger partial charge is 0.481 e. The number of nitrogens with one attached hydrogen (secondary N) is 1. The molecule has 2 aromatic carbocycles. The summed E-state index contributed by atoms with van der Waals surface area (Å²) in [6.45, 7) is 10.6. The first-order chi connectivity index (χ1) is 20.0.